The van der Waals surface area contributed by atoms with Crippen LogP contribution in [0.25, 0.3) is 32.7 Å². The van der Waals surface area contributed by atoms with Gasteiger partial charge in [0.15, 0.2) is 0 Å². The maximum atomic E-state index is 5.62. The molecule has 4 aromatic rings. The third kappa shape index (κ3) is 1.84. The first-order chi connectivity index (χ1) is 10.4. The Morgan fingerprint density at radius 2 is 1.76 bits per heavy atom. The summed E-state index contributed by atoms with van der Waals surface area (Å²) in [5.74, 6) is 0.895. The quantitative estimate of drug-likeness (QED) is 0.538. The molecule has 0 aliphatic heterocycles. The molecule has 0 amide bonds. The van der Waals surface area contributed by atoms with Gasteiger partial charge in [-0.05, 0) is 12.1 Å². The largest absolute Gasteiger partial charge is 0.368 e. The molecular weight excluding hydrogens is 260 g/mol. The van der Waals surface area contributed by atoms with Crippen molar-refractivity contribution in [2.45, 2.75) is 0 Å². The average molecular weight is 276 g/mol. The Hall–Kier alpha value is -2.59. The van der Waals surface area contributed by atoms with Crippen molar-refractivity contribution in [3.63, 3.8) is 0 Å². The highest BCUT2D eigenvalue weighted by molar-refractivity contribution is 6.20. The molecular formula is C17H16N4. The lowest BCUT2D eigenvalue weighted by molar-refractivity contribution is 1.02. The normalized spacial score (nSPS) is 11.5. The minimum atomic E-state index is 0.582. The van der Waals surface area contributed by atoms with Crippen LogP contribution >= 0.6 is 0 Å². The van der Waals surface area contributed by atoms with E-state index in [1.807, 2.05) is 24.3 Å². The fourth-order valence-corrected chi connectivity index (χ4v) is 2.87. The Labute approximate surface area is 122 Å². The lowest BCUT2D eigenvalue weighted by Crippen LogP contribution is -2.14. The highest BCUT2D eigenvalue weighted by atomic mass is 15.0. The third-order valence-corrected chi connectivity index (χ3v) is 3.79. The number of benzene rings is 2. The number of nitrogens with zero attached hydrogens (tertiary/aromatic N) is 1. The number of rotatable bonds is 3. The Morgan fingerprint density at radius 1 is 1.00 bits per heavy atom. The van der Waals surface area contributed by atoms with E-state index in [1.54, 1.807) is 0 Å². The van der Waals surface area contributed by atoms with E-state index in [2.05, 4.69) is 34.6 Å². The number of aromatic nitrogens is 2. The number of pyridine rings is 1. The predicted molar refractivity (Wildman–Crippen MR) is 88.6 cm³/mol. The number of fused-ring (bicyclic) bond motifs is 5. The Morgan fingerprint density at radius 3 is 2.62 bits per heavy atom. The van der Waals surface area contributed by atoms with E-state index in [1.165, 1.54) is 5.39 Å². The van der Waals surface area contributed by atoms with Gasteiger partial charge in [-0.2, -0.15) is 0 Å². The van der Waals surface area contributed by atoms with E-state index in [-0.39, 0.29) is 0 Å². The zero-order valence-corrected chi connectivity index (χ0v) is 11.6. The van der Waals surface area contributed by atoms with Crippen molar-refractivity contribution in [3.8, 4) is 0 Å². The van der Waals surface area contributed by atoms with Gasteiger partial charge in [0.1, 0.15) is 5.82 Å². The van der Waals surface area contributed by atoms with Crippen molar-refractivity contribution in [1.29, 1.82) is 0 Å². The molecule has 4 N–H and O–H groups in total. The standard InChI is InChI=1S/C17H16N4/c18-9-10-19-17-15-11-5-1-3-7-13(11)20-16(15)12-6-2-4-8-14(12)21-17/h1-8,20H,9-10,18H2,(H,19,21). The van der Waals surface area contributed by atoms with Gasteiger partial charge in [0.25, 0.3) is 0 Å². The number of nitrogens with one attached hydrogen (secondary N) is 2. The zero-order valence-electron chi connectivity index (χ0n) is 11.6. The summed E-state index contributed by atoms with van der Waals surface area (Å²) in [4.78, 5) is 8.30. The van der Waals surface area contributed by atoms with E-state index < -0.39 is 0 Å². The van der Waals surface area contributed by atoms with Gasteiger partial charge in [-0.15, -0.1) is 0 Å². The number of hydrogen-bond donors (Lipinski definition) is 3. The molecule has 0 spiro atoms. The molecule has 2 aromatic carbocycles. The van der Waals surface area contributed by atoms with E-state index in [4.69, 9.17) is 10.7 Å². The molecule has 2 aromatic heterocycles. The minimum absolute atomic E-state index is 0.582. The van der Waals surface area contributed by atoms with Crippen molar-refractivity contribution in [3.05, 3.63) is 48.5 Å². The van der Waals surface area contributed by atoms with Crippen molar-refractivity contribution in [1.82, 2.24) is 9.97 Å². The molecule has 0 aliphatic carbocycles. The van der Waals surface area contributed by atoms with Crippen molar-refractivity contribution >= 4 is 38.5 Å². The second kappa shape index (κ2) is 4.75. The maximum absolute atomic E-state index is 5.62. The van der Waals surface area contributed by atoms with Crippen LogP contribution in [0.5, 0.6) is 0 Å². The highest BCUT2D eigenvalue weighted by Gasteiger charge is 2.13. The van der Waals surface area contributed by atoms with Crippen LogP contribution in [0.15, 0.2) is 48.5 Å². The van der Waals surface area contributed by atoms with Gasteiger partial charge in [0, 0.05) is 29.4 Å². The molecule has 4 rings (SSSR count). The summed E-state index contributed by atoms with van der Waals surface area (Å²) in [5, 5.41) is 6.81. The summed E-state index contributed by atoms with van der Waals surface area (Å²) in [6.45, 7) is 1.29. The van der Waals surface area contributed by atoms with Gasteiger partial charge in [-0.3, -0.25) is 0 Å². The lowest BCUT2D eigenvalue weighted by atomic mass is 10.1. The van der Waals surface area contributed by atoms with Crippen LogP contribution in [0, 0.1) is 0 Å². The second-order valence-electron chi connectivity index (χ2n) is 5.11. The molecule has 104 valence electrons. The molecule has 0 fully saturated rings. The molecule has 0 radical (unpaired) electrons. The smallest absolute Gasteiger partial charge is 0.136 e. The molecule has 0 atom stereocenters. The van der Waals surface area contributed by atoms with Crippen molar-refractivity contribution in [2.75, 3.05) is 18.4 Å². The summed E-state index contributed by atoms with van der Waals surface area (Å²) in [6.07, 6.45) is 0. The molecule has 21 heavy (non-hydrogen) atoms. The summed E-state index contributed by atoms with van der Waals surface area (Å²) < 4.78 is 0. The van der Waals surface area contributed by atoms with Gasteiger partial charge >= 0.3 is 0 Å². The van der Waals surface area contributed by atoms with E-state index >= 15 is 0 Å². The summed E-state index contributed by atoms with van der Waals surface area (Å²) in [6, 6.07) is 16.5. The predicted octanol–water partition coefficient (Wildman–Crippen LogP) is 3.24. The zero-order chi connectivity index (χ0) is 14.2. The van der Waals surface area contributed by atoms with Crippen LogP contribution in [0.3, 0.4) is 0 Å². The molecule has 0 saturated carbocycles. The molecule has 2 heterocycles. The minimum Gasteiger partial charge on any atom is -0.368 e. The third-order valence-electron chi connectivity index (χ3n) is 3.79. The van der Waals surface area contributed by atoms with Crippen LogP contribution in [0.4, 0.5) is 5.82 Å². The number of nitrogens with two attached hydrogens (primary N) is 1. The van der Waals surface area contributed by atoms with Gasteiger partial charge in [-0.1, -0.05) is 36.4 Å². The fourth-order valence-electron chi connectivity index (χ4n) is 2.87. The Kier molecular flexibility index (Phi) is 2.75. The first kappa shape index (κ1) is 12.2. The molecule has 0 aliphatic rings. The fraction of sp³-hybridized carbons (Fsp3) is 0.118. The summed E-state index contributed by atoms with van der Waals surface area (Å²) >= 11 is 0. The molecule has 0 saturated heterocycles. The van der Waals surface area contributed by atoms with Crippen LogP contribution in [-0.4, -0.2) is 23.1 Å². The number of H-pyrrole nitrogens is 1. The second-order valence-corrected chi connectivity index (χ2v) is 5.11. The van der Waals surface area contributed by atoms with Crippen LogP contribution in [-0.2, 0) is 0 Å². The monoisotopic (exact) mass is 276 g/mol. The first-order valence-corrected chi connectivity index (χ1v) is 7.11. The van der Waals surface area contributed by atoms with E-state index in [9.17, 15) is 0 Å². The van der Waals surface area contributed by atoms with Crippen LogP contribution < -0.4 is 11.1 Å². The van der Waals surface area contributed by atoms with Crippen LogP contribution in [0.2, 0.25) is 0 Å². The first-order valence-electron chi connectivity index (χ1n) is 7.11. The Balaban J connectivity index is 2.16. The van der Waals surface area contributed by atoms with E-state index in [0.717, 1.165) is 33.1 Å². The van der Waals surface area contributed by atoms with Gasteiger partial charge in [-0.25, -0.2) is 4.98 Å². The van der Waals surface area contributed by atoms with E-state index in [0.29, 0.717) is 13.1 Å². The lowest BCUT2D eigenvalue weighted by Gasteiger charge is -2.08. The summed E-state index contributed by atoms with van der Waals surface area (Å²) in [7, 11) is 0. The molecule has 0 unspecified atom stereocenters. The van der Waals surface area contributed by atoms with Crippen molar-refractivity contribution < 1.29 is 0 Å². The topological polar surface area (TPSA) is 66.7 Å². The van der Waals surface area contributed by atoms with Gasteiger partial charge in [0.05, 0.1) is 16.4 Å². The molecule has 0 bridgehead atoms. The van der Waals surface area contributed by atoms with Gasteiger partial charge < -0.3 is 16.0 Å². The number of para-hydroxylation sites is 2. The number of aromatic amines is 1. The highest BCUT2D eigenvalue weighted by Crippen LogP contribution is 2.34. The Bertz CT molecular complexity index is 939. The van der Waals surface area contributed by atoms with Gasteiger partial charge in [0.2, 0.25) is 0 Å². The average Bonchev–Trinajstić information content (AvgIpc) is 2.92. The number of anilines is 1. The molecule has 4 nitrogen and oxygen atoms in total. The maximum Gasteiger partial charge on any atom is 0.136 e. The van der Waals surface area contributed by atoms with Crippen LogP contribution in [0.1, 0.15) is 0 Å². The molecule has 4 heteroatoms. The SMILES string of the molecule is NCCNc1nc2ccccc2c2[nH]c3ccccc3c12. The van der Waals surface area contributed by atoms with Crippen molar-refractivity contribution in [2.24, 2.45) is 5.73 Å². The summed E-state index contributed by atoms with van der Waals surface area (Å²) in [5.41, 5.74) is 8.86. The number of hydrogen-bond acceptors (Lipinski definition) is 3.